The van der Waals surface area contributed by atoms with Gasteiger partial charge in [-0.3, -0.25) is 0 Å². The first kappa shape index (κ1) is 8.34. The average molecular weight is 171 g/mol. The molecule has 1 atom stereocenters. The third-order valence-electron chi connectivity index (χ3n) is 2.29. The SMILES string of the molecule is NC(C#Cc1ccccc1)C1CC1. The maximum absolute atomic E-state index is 5.85. The molecule has 0 aromatic heterocycles. The monoisotopic (exact) mass is 171 g/mol. The van der Waals surface area contributed by atoms with E-state index in [4.69, 9.17) is 5.73 Å². The number of hydrogen-bond acceptors (Lipinski definition) is 1. The van der Waals surface area contributed by atoms with Gasteiger partial charge >= 0.3 is 0 Å². The van der Waals surface area contributed by atoms with Crippen molar-refractivity contribution < 1.29 is 0 Å². The van der Waals surface area contributed by atoms with Gasteiger partial charge in [0.15, 0.2) is 0 Å². The van der Waals surface area contributed by atoms with E-state index in [0.29, 0.717) is 5.92 Å². The second kappa shape index (κ2) is 3.64. The van der Waals surface area contributed by atoms with Gasteiger partial charge in [0.2, 0.25) is 0 Å². The molecule has 0 amide bonds. The first-order valence-corrected chi connectivity index (χ1v) is 4.68. The quantitative estimate of drug-likeness (QED) is 0.640. The summed E-state index contributed by atoms with van der Waals surface area (Å²) in [5.74, 6) is 6.84. The molecule has 66 valence electrons. The Balaban J connectivity index is 2.03. The summed E-state index contributed by atoms with van der Waals surface area (Å²) in [5.41, 5.74) is 6.91. The Morgan fingerprint density at radius 2 is 1.92 bits per heavy atom. The van der Waals surface area contributed by atoms with Gasteiger partial charge in [-0.15, -0.1) is 0 Å². The lowest BCUT2D eigenvalue weighted by Crippen LogP contribution is -2.19. The summed E-state index contributed by atoms with van der Waals surface area (Å²) in [6, 6.07) is 10.1. The molecule has 1 saturated carbocycles. The lowest BCUT2D eigenvalue weighted by atomic mass is 10.1. The second-order valence-corrected chi connectivity index (χ2v) is 3.50. The van der Waals surface area contributed by atoms with E-state index >= 15 is 0 Å². The van der Waals surface area contributed by atoms with Crippen LogP contribution in [0.15, 0.2) is 30.3 Å². The molecule has 1 nitrogen and oxygen atoms in total. The molecule has 0 heterocycles. The van der Waals surface area contributed by atoms with Gasteiger partial charge in [-0.05, 0) is 30.9 Å². The zero-order chi connectivity index (χ0) is 9.10. The third-order valence-corrected chi connectivity index (χ3v) is 2.29. The Morgan fingerprint density at radius 3 is 2.54 bits per heavy atom. The molecule has 0 aliphatic heterocycles. The van der Waals surface area contributed by atoms with Crippen molar-refractivity contribution in [3.63, 3.8) is 0 Å². The summed E-state index contributed by atoms with van der Waals surface area (Å²) >= 11 is 0. The summed E-state index contributed by atoms with van der Waals surface area (Å²) in [5, 5.41) is 0. The molecule has 0 bridgehead atoms. The minimum Gasteiger partial charge on any atom is -0.317 e. The van der Waals surface area contributed by atoms with E-state index in [0.717, 1.165) is 5.56 Å². The van der Waals surface area contributed by atoms with Crippen LogP contribution in [0, 0.1) is 17.8 Å². The highest BCUT2D eigenvalue weighted by Gasteiger charge is 2.26. The van der Waals surface area contributed by atoms with Crippen LogP contribution in [0.3, 0.4) is 0 Å². The molecule has 1 aromatic rings. The lowest BCUT2D eigenvalue weighted by Gasteiger charge is -1.97. The van der Waals surface area contributed by atoms with Gasteiger partial charge in [0.05, 0.1) is 6.04 Å². The highest BCUT2D eigenvalue weighted by molar-refractivity contribution is 5.35. The molecule has 1 aliphatic carbocycles. The molecule has 13 heavy (non-hydrogen) atoms. The van der Waals surface area contributed by atoms with E-state index in [1.165, 1.54) is 12.8 Å². The zero-order valence-corrected chi connectivity index (χ0v) is 7.53. The maximum Gasteiger partial charge on any atom is 0.0696 e. The fraction of sp³-hybridized carbons (Fsp3) is 0.333. The van der Waals surface area contributed by atoms with Crippen molar-refractivity contribution in [2.75, 3.05) is 0 Å². The van der Waals surface area contributed by atoms with Crippen molar-refractivity contribution in [1.29, 1.82) is 0 Å². The average Bonchev–Trinajstić information content (AvgIpc) is 2.99. The summed E-state index contributed by atoms with van der Waals surface area (Å²) in [7, 11) is 0. The molecule has 1 aromatic carbocycles. The Morgan fingerprint density at radius 1 is 1.23 bits per heavy atom. The fourth-order valence-corrected chi connectivity index (χ4v) is 1.26. The van der Waals surface area contributed by atoms with Crippen LogP contribution < -0.4 is 5.73 Å². The molecule has 0 radical (unpaired) electrons. The van der Waals surface area contributed by atoms with Crippen LogP contribution in [0.5, 0.6) is 0 Å². The number of hydrogen-bond donors (Lipinski definition) is 1. The van der Waals surface area contributed by atoms with E-state index in [-0.39, 0.29) is 6.04 Å². The van der Waals surface area contributed by atoms with E-state index in [1.54, 1.807) is 0 Å². The van der Waals surface area contributed by atoms with E-state index in [1.807, 2.05) is 30.3 Å². The van der Waals surface area contributed by atoms with Crippen molar-refractivity contribution in [3.05, 3.63) is 35.9 Å². The normalized spacial score (nSPS) is 17.3. The third kappa shape index (κ3) is 2.34. The van der Waals surface area contributed by atoms with Crippen LogP contribution in [-0.4, -0.2) is 6.04 Å². The van der Waals surface area contributed by atoms with E-state index in [2.05, 4.69) is 11.8 Å². The fourth-order valence-electron chi connectivity index (χ4n) is 1.26. The van der Waals surface area contributed by atoms with Crippen molar-refractivity contribution in [2.45, 2.75) is 18.9 Å². The molecule has 2 N–H and O–H groups in total. The van der Waals surface area contributed by atoms with Crippen LogP contribution in [0.2, 0.25) is 0 Å². The van der Waals surface area contributed by atoms with Crippen LogP contribution in [-0.2, 0) is 0 Å². The molecule has 1 aliphatic rings. The smallest absolute Gasteiger partial charge is 0.0696 e. The predicted molar refractivity (Wildman–Crippen MR) is 54.0 cm³/mol. The number of rotatable bonds is 1. The van der Waals surface area contributed by atoms with Crippen molar-refractivity contribution in [3.8, 4) is 11.8 Å². The van der Waals surface area contributed by atoms with Gasteiger partial charge in [0, 0.05) is 5.56 Å². The molecule has 1 unspecified atom stereocenters. The Bertz CT molecular complexity index is 327. The first-order valence-electron chi connectivity index (χ1n) is 4.68. The number of nitrogens with two attached hydrogens (primary N) is 1. The number of benzene rings is 1. The van der Waals surface area contributed by atoms with Crippen LogP contribution in [0.1, 0.15) is 18.4 Å². The van der Waals surface area contributed by atoms with Gasteiger partial charge in [0.25, 0.3) is 0 Å². The molecule has 0 saturated heterocycles. The minimum atomic E-state index is 0.0835. The largest absolute Gasteiger partial charge is 0.317 e. The van der Waals surface area contributed by atoms with Gasteiger partial charge in [-0.25, -0.2) is 0 Å². The van der Waals surface area contributed by atoms with Crippen LogP contribution in [0.4, 0.5) is 0 Å². The van der Waals surface area contributed by atoms with Gasteiger partial charge in [-0.1, -0.05) is 30.0 Å². The Labute approximate surface area is 79.0 Å². The highest BCUT2D eigenvalue weighted by atomic mass is 14.7. The topological polar surface area (TPSA) is 26.0 Å². The van der Waals surface area contributed by atoms with Gasteiger partial charge in [-0.2, -0.15) is 0 Å². The molecule has 0 spiro atoms. The first-order chi connectivity index (χ1) is 6.36. The van der Waals surface area contributed by atoms with E-state index in [9.17, 15) is 0 Å². The molecular formula is C12H13N. The standard InChI is InChI=1S/C12H13N/c13-12(11-7-8-11)9-6-10-4-2-1-3-5-10/h1-5,11-12H,7-8,13H2. The molecular weight excluding hydrogens is 158 g/mol. The van der Waals surface area contributed by atoms with Crippen molar-refractivity contribution in [2.24, 2.45) is 11.7 Å². The molecule has 1 heteroatoms. The lowest BCUT2D eigenvalue weighted by molar-refractivity contribution is 0.731. The summed E-state index contributed by atoms with van der Waals surface area (Å²) in [4.78, 5) is 0. The van der Waals surface area contributed by atoms with Crippen molar-refractivity contribution >= 4 is 0 Å². The zero-order valence-electron chi connectivity index (χ0n) is 7.53. The van der Waals surface area contributed by atoms with Crippen molar-refractivity contribution in [1.82, 2.24) is 0 Å². The predicted octanol–water partition coefficient (Wildman–Crippen LogP) is 1.78. The Kier molecular flexibility index (Phi) is 2.33. The molecule has 2 rings (SSSR count). The molecule has 1 fully saturated rings. The summed E-state index contributed by atoms with van der Waals surface area (Å²) in [6.45, 7) is 0. The van der Waals surface area contributed by atoms with Crippen LogP contribution >= 0.6 is 0 Å². The van der Waals surface area contributed by atoms with E-state index < -0.39 is 0 Å². The summed E-state index contributed by atoms with van der Waals surface area (Å²) < 4.78 is 0. The summed E-state index contributed by atoms with van der Waals surface area (Å²) in [6.07, 6.45) is 2.51. The van der Waals surface area contributed by atoms with Gasteiger partial charge in [0.1, 0.15) is 0 Å². The second-order valence-electron chi connectivity index (χ2n) is 3.50. The van der Waals surface area contributed by atoms with Gasteiger partial charge < -0.3 is 5.73 Å². The highest BCUT2D eigenvalue weighted by Crippen LogP contribution is 2.31. The minimum absolute atomic E-state index is 0.0835. The van der Waals surface area contributed by atoms with Crippen LogP contribution in [0.25, 0.3) is 0 Å². The maximum atomic E-state index is 5.85. The Hall–Kier alpha value is -1.26.